The summed E-state index contributed by atoms with van der Waals surface area (Å²) in [5.41, 5.74) is 3.36. The van der Waals surface area contributed by atoms with Crippen LogP contribution in [0.5, 0.6) is 5.75 Å². The first kappa shape index (κ1) is 33.2. The summed E-state index contributed by atoms with van der Waals surface area (Å²) in [6.45, 7) is 1.82. The molecule has 0 saturated heterocycles. The second kappa shape index (κ2) is 15.5. The summed E-state index contributed by atoms with van der Waals surface area (Å²) in [7, 11) is 1.54. The molecule has 6 aromatic rings. The monoisotopic (exact) mass is 684 g/mol. The molecule has 49 heavy (non-hydrogen) atoms. The van der Waals surface area contributed by atoms with Gasteiger partial charge in [-0.1, -0.05) is 78.9 Å². The third-order valence-electron chi connectivity index (χ3n) is 7.52. The number of carbonyl (C=O) groups is 3. The number of nitrogens with one attached hydrogen (secondary N) is 3. The van der Waals surface area contributed by atoms with Gasteiger partial charge in [0, 0.05) is 32.7 Å². The van der Waals surface area contributed by atoms with Crippen molar-refractivity contribution in [1.29, 1.82) is 0 Å². The van der Waals surface area contributed by atoms with E-state index in [9.17, 15) is 14.4 Å². The number of fused-ring (bicyclic) bond motifs is 1. The third kappa shape index (κ3) is 8.42. The lowest BCUT2D eigenvalue weighted by Crippen LogP contribution is -2.30. The SMILES string of the molecule is COc1ccccc1/C=C(/NC(=O)c1ccccc1)C(=O)Nc1cccc(SC(C)C(=O)Nc2nc(-c3ccc4ccccc4c3)cs2)c1. The lowest BCUT2D eigenvalue weighted by molar-refractivity contribution is -0.115. The third-order valence-corrected chi connectivity index (χ3v) is 9.37. The molecule has 0 aliphatic carbocycles. The quantitative estimate of drug-likeness (QED) is 0.0933. The molecule has 6 rings (SSSR count). The molecular weight excluding hydrogens is 653 g/mol. The first-order valence-electron chi connectivity index (χ1n) is 15.4. The Labute approximate surface area is 292 Å². The molecule has 0 saturated carbocycles. The number of ether oxygens (including phenoxy) is 1. The van der Waals surface area contributed by atoms with Crippen molar-refractivity contribution in [2.75, 3.05) is 17.7 Å². The molecule has 0 aliphatic heterocycles. The van der Waals surface area contributed by atoms with E-state index in [4.69, 9.17) is 4.74 Å². The van der Waals surface area contributed by atoms with E-state index in [1.54, 1.807) is 67.8 Å². The zero-order valence-corrected chi connectivity index (χ0v) is 28.3. The van der Waals surface area contributed by atoms with E-state index in [0.717, 1.165) is 26.9 Å². The molecule has 244 valence electrons. The Balaban J connectivity index is 1.12. The highest BCUT2D eigenvalue weighted by molar-refractivity contribution is 8.00. The summed E-state index contributed by atoms with van der Waals surface area (Å²) >= 11 is 2.73. The number of thiazole rings is 1. The van der Waals surface area contributed by atoms with Gasteiger partial charge in [0.2, 0.25) is 5.91 Å². The molecule has 0 aliphatic rings. The van der Waals surface area contributed by atoms with Crippen molar-refractivity contribution >= 4 is 68.5 Å². The number of aromatic nitrogens is 1. The van der Waals surface area contributed by atoms with Gasteiger partial charge in [0.05, 0.1) is 18.1 Å². The predicted octanol–water partition coefficient (Wildman–Crippen LogP) is 8.50. The van der Waals surface area contributed by atoms with Crippen molar-refractivity contribution in [2.45, 2.75) is 17.1 Å². The van der Waals surface area contributed by atoms with Gasteiger partial charge in [0.1, 0.15) is 11.4 Å². The van der Waals surface area contributed by atoms with Crippen LogP contribution in [0.3, 0.4) is 0 Å². The minimum absolute atomic E-state index is 0.0376. The van der Waals surface area contributed by atoms with Gasteiger partial charge in [-0.05, 0) is 66.2 Å². The highest BCUT2D eigenvalue weighted by atomic mass is 32.2. The fourth-order valence-corrected chi connectivity index (χ4v) is 6.66. The van der Waals surface area contributed by atoms with Gasteiger partial charge in [-0.3, -0.25) is 14.4 Å². The second-order valence-electron chi connectivity index (χ2n) is 11.0. The average Bonchev–Trinajstić information content (AvgIpc) is 3.60. The molecule has 1 aromatic heterocycles. The van der Waals surface area contributed by atoms with E-state index in [-0.39, 0.29) is 11.6 Å². The van der Waals surface area contributed by atoms with Gasteiger partial charge in [-0.2, -0.15) is 0 Å². The average molecular weight is 685 g/mol. The molecule has 0 spiro atoms. The molecule has 3 amide bonds. The second-order valence-corrected chi connectivity index (χ2v) is 13.2. The molecule has 10 heteroatoms. The summed E-state index contributed by atoms with van der Waals surface area (Å²) in [5.74, 6) is -0.584. The highest BCUT2D eigenvalue weighted by Gasteiger charge is 2.19. The lowest BCUT2D eigenvalue weighted by atomic mass is 10.1. The topological polar surface area (TPSA) is 109 Å². The molecule has 0 radical (unpaired) electrons. The molecule has 3 N–H and O–H groups in total. The molecular formula is C39H32N4O4S2. The van der Waals surface area contributed by atoms with Crippen LogP contribution in [0.4, 0.5) is 10.8 Å². The molecule has 0 bridgehead atoms. The highest BCUT2D eigenvalue weighted by Crippen LogP contribution is 2.30. The number of benzene rings is 5. The van der Waals surface area contributed by atoms with Gasteiger partial charge in [-0.15, -0.1) is 23.1 Å². The molecule has 1 unspecified atom stereocenters. The summed E-state index contributed by atoms with van der Waals surface area (Å²) in [5, 5.41) is 12.9. The minimum Gasteiger partial charge on any atom is -0.496 e. The molecule has 8 nitrogen and oxygen atoms in total. The van der Waals surface area contributed by atoms with E-state index in [1.165, 1.54) is 23.1 Å². The summed E-state index contributed by atoms with van der Waals surface area (Å²) in [6.07, 6.45) is 1.57. The number of methoxy groups -OCH3 is 1. The minimum atomic E-state index is -0.519. The van der Waals surface area contributed by atoms with Gasteiger partial charge in [0.25, 0.3) is 11.8 Å². The van der Waals surface area contributed by atoms with Crippen molar-refractivity contribution in [3.8, 4) is 17.0 Å². The number of para-hydroxylation sites is 1. The van der Waals surface area contributed by atoms with Gasteiger partial charge >= 0.3 is 0 Å². The van der Waals surface area contributed by atoms with Crippen LogP contribution in [0.2, 0.25) is 0 Å². The lowest BCUT2D eigenvalue weighted by Gasteiger charge is -2.14. The van der Waals surface area contributed by atoms with E-state index in [2.05, 4.69) is 45.2 Å². The standard InChI is InChI=1S/C39H32N4O4S2/c1-25(36(44)43-39-42-34(24-48-39)29-20-19-26-11-6-7-14-28(26)21-29)49-32-17-10-16-31(23-32)40-38(46)33(22-30-15-8-9-18-35(30)47-2)41-37(45)27-12-4-3-5-13-27/h3-25H,1-2H3,(H,40,46)(H,41,45)(H,42,43,44)/b33-22+. The normalized spacial score (nSPS) is 11.8. The Kier molecular flexibility index (Phi) is 10.5. The maximum atomic E-state index is 13.6. The van der Waals surface area contributed by atoms with Crippen LogP contribution in [-0.2, 0) is 9.59 Å². The Morgan fingerprint density at radius 2 is 1.57 bits per heavy atom. The van der Waals surface area contributed by atoms with Crippen molar-refractivity contribution < 1.29 is 19.1 Å². The first-order valence-corrected chi connectivity index (χ1v) is 17.2. The van der Waals surface area contributed by atoms with Crippen LogP contribution in [0.1, 0.15) is 22.8 Å². The van der Waals surface area contributed by atoms with Crippen LogP contribution in [0, 0.1) is 0 Å². The molecule has 1 heterocycles. The summed E-state index contributed by atoms with van der Waals surface area (Å²) in [6, 6.07) is 37.4. The maximum Gasteiger partial charge on any atom is 0.272 e. The van der Waals surface area contributed by atoms with E-state index < -0.39 is 17.1 Å². The van der Waals surface area contributed by atoms with Crippen LogP contribution in [0.15, 0.2) is 137 Å². The Morgan fingerprint density at radius 3 is 2.39 bits per heavy atom. The molecule has 0 fully saturated rings. The number of anilines is 2. The first-order chi connectivity index (χ1) is 23.9. The zero-order chi connectivity index (χ0) is 34.2. The number of carbonyl (C=O) groups excluding carboxylic acids is 3. The number of rotatable bonds is 11. The number of amides is 3. The van der Waals surface area contributed by atoms with Crippen LogP contribution < -0.4 is 20.7 Å². The van der Waals surface area contributed by atoms with Gasteiger partial charge < -0.3 is 20.7 Å². The maximum absolute atomic E-state index is 13.6. The fraction of sp³-hybridized carbons (Fsp3) is 0.0769. The molecule has 5 aromatic carbocycles. The fourth-order valence-electron chi connectivity index (χ4n) is 5.01. The van der Waals surface area contributed by atoms with Gasteiger partial charge in [-0.25, -0.2) is 4.98 Å². The van der Waals surface area contributed by atoms with Crippen molar-refractivity contribution in [3.05, 3.63) is 144 Å². The van der Waals surface area contributed by atoms with Crippen LogP contribution >= 0.6 is 23.1 Å². The predicted molar refractivity (Wildman–Crippen MR) is 199 cm³/mol. The zero-order valence-electron chi connectivity index (χ0n) is 26.7. The summed E-state index contributed by atoms with van der Waals surface area (Å²) < 4.78 is 5.45. The molecule has 1 atom stereocenters. The van der Waals surface area contributed by atoms with Crippen LogP contribution in [0.25, 0.3) is 28.1 Å². The van der Waals surface area contributed by atoms with E-state index in [1.807, 2.05) is 54.8 Å². The Morgan fingerprint density at radius 1 is 0.816 bits per heavy atom. The Hall–Kier alpha value is -5.71. The van der Waals surface area contributed by atoms with Crippen molar-refractivity contribution in [1.82, 2.24) is 10.3 Å². The Bertz CT molecular complexity index is 2160. The van der Waals surface area contributed by atoms with Crippen molar-refractivity contribution in [2.24, 2.45) is 0 Å². The van der Waals surface area contributed by atoms with Gasteiger partial charge in [0.15, 0.2) is 5.13 Å². The van der Waals surface area contributed by atoms with E-state index in [0.29, 0.717) is 27.7 Å². The van der Waals surface area contributed by atoms with E-state index >= 15 is 0 Å². The van der Waals surface area contributed by atoms with Crippen LogP contribution in [-0.4, -0.2) is 35.1 Å². The number of hydrogen-bond donors (Lipinski definition) is 3. The number of thioether (sulfide) groups is 1. The summed E-state index contributed by atoms with van der Waals surface area (Å²) in [4.78, 5) is 45.2. The van der Waals surface area contributed by atoms with Crippen molar-refractivity contribution in [3.63, 3.8) is 0 Å². The number of nitrogens with zero attached hydrogens (tertiary/aromatic N) is 1. The number of hydrogen-bond acceptors (Lipinski definition) is 7. The smallest absolute Gasteiger partial charge is 0.272 e. The largest absolute Gasteiger partial charge is 0.496 e.